The Morgan fingerprint density at radius 3 is 2.50 bits per heavy atom. The van der Waals surface area contributed by atoms with E-state index < -0.39 is 0 Å². The van der Waals surface area contributed by atoms with E-state index in [1.165, 1.54) is 0 Å². The molecule has 0 saturated heterocycles. The largest absolute Gasteiger partial charge is 0.382 e. The Hall–Kier alpha value is -0.650. The van der Waals surface area contributed by atoms with Crippen LogP contribution in [0.3, 0.4) is 0 Å². The number of methoxy groups -OCH3 is 2. The van der Waals surface area contributed by atoms with Crippen molar-refractivity contribution in [2.75, 3.05) is 34.4 Å². The number of hydrogen-bond donors (Lipinski definition) is 2. The summed E-state index contributed by atoms with van der Waals surface area (Å²) in [5.41, 5.74) is 0. The fourth-order valence-electron chi connectivity index (χ4n) is 1.01. The molecule has 0 aromatic carbocycles. The van der Waals surface area contributed by atoms with Crippen molar-refractivity contribution in [3.63, 3.8) is 0 Å². The topological polar surface area (TPSA) is 59.6 Å². The highest BCUT2D eigenvalue weighted by Crippen LogP contribution is 1.90. The molecular formula is C9H20N2O3. The van der Waals surface area contributed by atoms with Crippen LogP contribution >= 0.6 is 0 Å². The second-order valence-electron chi connectivity index (χ2n) is 3.06. The van der Waals surface area contributed by atoms with Gasteiger partial charge in [-0.25, -0.2) is 0 Å². The molecule has 0 aliphatic carbocycles. The van der Waals surface area contributed by atoms with Gasteiger partial charge in [0.05, 0.1) is 18.8 Å². The summed E-state index contributed by atoms with van der Waals surface area (Å²) >= 11 is 0. The third kappa shape index (κ3) is 5.16. The second-order valence-corrected chi connectivity index (χ2v) is 3.06. The van der Waals surface area contributed by atoms with E-state index in [9.17, 15) is 4.79 Å². The highest BCUT2D eigenvalue weighted by molar-refractivity contribution is 5.80. The van der Waals surface area contributed by atoms with E-state index in [1.54, 1.807) is 28.2 Å². The molecule has 0 aromatic heterocycles. The molecule has 2 atom stereocenters. The number of hydrogen-bond acceptors (Lipinski definition) is 4. The lowest BCUT2D eigenvalue weighted by Crippen LogP contribution is -2.44. The highest BCUT2D eigenvalue weighted by Gasteiger charge is 2.13. The fourth-order valence-corrected chi connectivity index (χ4v) is 1.01. The van der Waals surface area contributed by atoms with Crippen LogP contribution in [0.5, 0.6) is 0 Å². The van der Waals surface area contributed by atoms with E-state index in [4.69, 9.17) is 9.47 Å². The smallest absolute Gasteiger partial charge is 0.236 e. The van der Waals surface area contributed by atoms with Crippen LogP contribution in [-0.4, -0.2) is 52.5 Å². The summed E-state index contributed by atoms with van der Waals surface area (Å²) in [5, 5.41) is 5.62. The summed E-state index contributed by atoms with van der Waals surface area (Å²) in [6.07, 6.45) is -0.0212. The van der Waals surface area contributed by atoms with Gasteiger partial charge in [-0.2, -0.15) is 0 Å². The molecule has 0 aliphatic rings. The predicted molar refractivity (Wildman–Crippen MR) is 54.2 cm³/mol. The van der Waals surface area contributed by atoms with Crippen molar-refractivity contribution in [2.24, 2.45) is 0 Å². The second kappa shape index (κ2) is 7.73. The maximum atomic E-state index is 11.1. The molecule has 0 heterocycles. The zero-order chi connectivity index (χ0) is 11.0. The summed E-state index contributed by atoms with van der Waals surface area (Å²) in [6.45, 7) is 2.92. The van der Waals surface area contributed by atoms with Gasteiger partial charge in [0.15, 0.2) is 0 Å². The summed E-state index contributed by atoms with van der Waals surface area (Å²) < 4.78 is 10.1. The Labute approximate surface area is 85.1 Å². The van der Waals surface area contributed by atoms with E-state index >= 15 is 0 Å². The van der Waals surface area contributed by atoms with Crippen LogP contribution < -0.4 is 10.6 Å². The highest BCUT2D eigenvalue weighted by atomic mass is 16.5. The molecule has 0 fully saturated rings. The average molecular weight is 204 g/mol. The van der Waals surface area contributed by atoms with Gasteiger partial charge in [0.25, 0.3) is 0 Å². The molecule has 5 heteroatoms. The van der Waals surface area contributed by atoms with Gasteiger partial charge in [-0.1, -0.05) is 0 Å². The van der Waals surface area contributed by atoms with Crippen LogP contribution in [-0.2, 0) is 14.3 Å². The maximum Gasteiger partial charge on any atom is 0.236 e. The SMILES string of the molecule is CNC(=O)C(C)NCC(COC)OC. The molecule has 0 bridgehead atoms. The van der Waals surface area contributed by atoms with Crippen LogP contribution in [0.2, 0.25) is 0 Å². The summed E-state index contributed by atoms with van der Waals surface area (Å²) in [7, 11) is 4.85. The number of ether oxygens (including phenoxy) is 2. The third-order valence-electron chi connectivity index (χ3n) is 1.98. The van der Waals surface area contributed by atoms with Gasteiger partial charge in [-0.15, -0.1) is 0 Å². The summed E-state index contributed by atoms with van der Waals surface area (Å²) in [4.78, 5) is 11.1. The number of likely N-dealkylation sites (N-methyl/N-ethyl adjacent to an activating group) is 1. The Bertz CT molecular complexity index is 164. The van der Waals surface area contributed by atoms with E-state index in [2.05, 4.69) is 10.6 Å². The minimum atomic E-state index is -0.213. The zero-order valence-electron chi connectivity index (χ0n) is 9.29. The first-order valence-corrected chi connectivity index (χ1v) is 4.62. The first kappa shape index (κ1) is 13.4. The zero-order valence-corrected chi connectivity index (χ0v) is 9.29. The first-order valence-electron chi connectivity index (χ1n) is 4.62. The minimum absolute atomic E-state index is 0.0212. The Kier molecular flexibility index (Phi) is 7.37. The monoisotopic (exact) mass is 204 g/mol. The van der Waals surface area contributed by atoms with Gasteiger partial charge in [-0.05, 0) is 6.92 Å². The van der Waals surface area contributed by atoms with Crippen molar-refractivity contribution in [3.8, 4) is 0 Å². The average Bonchev–Trinajstić information content (AvgIpc) is 2.22. The summed E-state index contributed by atoms with van der Waals surface area (Å²) in [6, 6.07) is -0.213. The van der Waals surface area contributed by atoms with Crippen molar-refractivity contribution < 1.29 is 14.3 Å². The number of rotatable bonds is 7. The van der Waals surface area contributed by atoms with Gasteiger partial charge in [-0.3, -0.25) is 4.79 Å². The lowest BCUT2D eigenvalue weighted by atomic mass is 10.3. The van der Waals surface area contributed by atoms with Crippen LogP contribution in [0.25, 0.3) is 0 Å². The quantitative estimate of drug-likeness (QED) is 0.580. The number of nitrogens with one attached hydrogen (secondary N) is 2. The van der Waals surface area contributed by atoms with E-state index in [1.807, 2.05) is 0 Å². The van der Waals surface area contributed by atoms with Crippen molar-refractivity contribution in [1.29, 1.82) is 0 Å². The summed E-state index contributed by atoms with van der Waals surface area (Å²) in [5.74, 6) is -0.0303. The van der Waals surface area contributed by atoms with Gasteiger partial charge >= 0.3 is 0 Å². The normalized spacial score (nSPS) is 14.9. The van der Waals surface area contributed by atoms with Gasteiger partial charge in [0.1, 0.15) is 0 Å². The van der Waals surface area contributed by atoms with Crippen LogP contribution in [0.15, 0.2) is 0 Å². The molecule has 5 nitrogen and oxygen atoms in total. The third-order valence-corrected chi connectivity index (χ3v) is 1.98. The molecule has 0 spiro atoms. The first-order chi connectivity index (χ1) is 6.65. The molecule has 0 aliphatic heterocycles. The Balaban J connectivity index is 3.72. The number of carbonyl (C=O) groups is 1. The van der Waals surface area contributed by atoms with Crippen molar-refractivity contribution in [2.45, 2.75) is 19.1 Å². The van der Waals surface area contributed by atoms with Crippen molar-refractivity contribution in [1.82, 2.24) is 10.6 Å². The minimum Gasteiger partial charge on any atom is -0.382 e. The Morgan fingerprint density at radius 1 is 1.43 bits per heavy atom. The van der Waals surface area contributed by atoms with Crippen LogP contribution in [0.4, 0.5) is 0 Å². The van der Waals surface area contributed by atoms with Crippen LogP contribution in [0.1, 0.15) is 6.92 Å². The lowest BCUT2D eigenvalue weighted by molar-refractivity contribution is -0.122. The molecule has 2 N–H and O–H groups in total. The molecule has 2 unspecified atom stereocenters. The Morgan fingerprint density at radius 2 is 2.07 bits per heavy atom. The molecular weight excluding hydrogens is 184 g/mol. The molecule has 0 radical (unpaired) electrons. The molecule has 0 rings (SSSR count). The van der Waals surface area contributed by atoms with Gasteiger partial charge in [0.2, 0.25) is 5.91 Å². The lowest BCUT2D eigenvalue weighted by Gasteiger charge is -2.18. The van der Waals surface area contributed by atoms with Crippen LogP contribution in [0, 0.1) is 0 Å². The maximum absolute atomic E-state index is 11.1. The van der Waals surface area contributed by atoms with E-state index in [0.29, 0.717) is 13.2 Å². The van der Waals surface area contributed by atoms with Crippen molar-refractivity contribution >= 4 is 5.91 Å². The predicted octanol–water partition coefficient (Wildman–Crippen LogP) is -0.628. The molecule has 0 saturated carbocycles. The standard InChI is InChI=1S/C9H20N2O3/c1-7(9(12)10-2)11-5-8(14-4)6-13-3/h7-8,11H,5-6H2,1-4H3,(H,10,12). The van der Waals surface area contributed by atoms with E-state index in [-0.39, 0.29) is 18.1 Å². The number of amides is 1. The molecule has 14 heavy (non-hydrogen) atoms. The fraction of sp³-hybridized carbons (Fsp3) is 0.889. The molecule has 84 valence electrons. The molecule has 1 amide bonds. The number of carbonyl (C=O) groups excluding carboxylic acids is 1. The van der Waals surface area contributed by atoms with Gasteiger partial charge in [0, 0.05) is 27.8 Å². The molecule has 0 aromatic rings. The van der Waals surface area contributed by atoms with Gasteiger partial charge < -0.3 is 20.1 Å². The van der Waals surface area contributed by atoms with Crippen molar-refractivity contribution in [3.05, 3.63) is 0 Å². The van der Waals surface area contributed by atoms with E-state index in [0.717, 1.165) is 0 Å².